The number of carbonyl (C=O) groups is 1. The minimum Gasteiger partial charge on any atom is -0.348 e. The Labute approximate surface area is 121 Å². The Morgan fingerprint density at radius 1 is 1.26 bits per heavy atom. The normalized spacial score (nSPS) is 10.8. The van der Waals surface area contributed by atoms with Gasteiger partial charge in [-0.25, -0.2) is 0 Å². The van der Waals surface area contributed by atoms with Crippen molar-refractivity contribution in [2.45, 2.75) is 13.5 Å². The van der Waals surface area contributed by atoms with Crippen molar-refractivity contribution in [2.75, 3.05) is 0 Å². The van der Waals surface area contributed by atoms with Crippen LogP contribution in [0.25, 0.3) is 6.08 Å². The summed E-state index contributed by atoms with van der Waals surface area (Å²) in [6.45, 7) is 2.55. The second-order valence-corrected chi connectivity index (χ2v) is 5.88. The average molecular weight is 292 g/mol. The number of thiophene rings is 1. The van der Waals surface area contributed by atoms with Crippen molar-refractivity contribution < 1.29 is 4.79 Å². The van der Waals surface area contributed by atoms with Gasteiger partial charge < -0.3 is 5.32 Å². The van der Waals surface area contributed by atoms with E-state index in [4.69, 9.17) is 11.6 Å². The van der Waals surface area contributed by atoms with Crippen LogP contribution in [0.5, 0.6) is 0 Å². The van der Waals surface area contributed by atoms with Crippen molar-refractivity contribution in [1.82, 2.24) is 5.32 Å². The fourth-order valence-electron chi connectivity index (χ4n) is 1.55. The van der Waals surface area contributed by atoms with Crippen molar-refractivity contribution in [3.63, 3.8) is 0 Å². The summed E-state index contributed by atoms with van der Waals surface area (Å²) in [5.74, 6) is -0.0963. The van der Waals surface area contributed by atoms with Crippen molar-refractivity contribution in [1.29, 1.82) is 0 Å². The molecular formula is C15H14ClNOS. The Hall–Kier alpha value is -1.58. The van der Waals surface area contributed by atoms with Crippen LogP contribution in [0, 0.1) is 6.92 Å². The number of carbonyl (C=O) groups excluding carboxylic acids is 1. The molecule has 0 aliphatic heterocycles. The van der Waals surface area contributed by atoms with Gasteiger partial charge in [0.25, 0.3) is 0 Å². The van der Waals surface area contributed by atoms with Gasteiger partial charge in [0.2, 0.25) is 5.91 Å². The highest BCUT2D eigenvalue weighted by Gasteiger charge is 1.98. The van der Waals surface area contributed by atoms with Crippen molar-refractivity contribution >= 4 is 34.9 Å². The monoisotopic (exact) mass is 291 g/mol. The molecule has 1 N–H and O–H groups in total. The van der Waals surface area contributed by atoms with Crippen LogP contribution in [0.15, 0.2) is 42.5 Å². The van der Waals surface area contributed by atoms with E-state index in [1.165, 1.54) is 4.88 Å². The SMILES string of the molecule is Cc1ccc(/C=C/C(=O)NCc2ccc(Cl)cc2)s1. The molecular weight excluding hydrogens is 278 g/mol. The number of amides is 1. The summed E-state index contributed by atoms with van der Waals surface area (Å²) in [6, 6.07) is 11.5. The Bertz CT molecular complexity index is 586. The minimum absolute atomic E-state index is 0.0963. The molecule has 0 aliphatic rings. The lowest BCUT2D eigenvalue weighted by Crippen LogP contribution is -2.20. The summed E-state index contributed by atoms with van der Waals surface area (Å²) >= 11 is 7.46. The van der Waals surface area contributed by atoms with Crippen LogP contribution in [-0.4, -0.2) is 5.91 Å². The van der Waals surface area contributed by atoms with Gasteiger partial charge in [0.05, 0.1) is 0 Å². The van der Waals surface area contributed by atoms with Crippen LogP contribution in [0.4, 0.5) is 0 Å². The van der Waals surface area contributed by atoms with Crippen LogP contribution in [0.3, 0.4) is 0 Å². The maximum atomic E-state index is 11.6. The van der Waals surface area contributed by atoms with E-state index in [0.717, 1.165) is 10.4 Å². The second kappa shape index (κ2) is 6.55. The third-order valence-electron chi connectivity index (χ3n) is 2.54. The molecule has 98 valence electrons. The number of aryl methyl sites for hydroxylation is 1. The molecule has 0 spiro atoms. The van der Waals surface area contributed by atoms with Crippen molar-refractivity contribution in [2.24, 2.45) is 0 Å². The highest BCUT2D eigenvalue weighted by Crippen LogP contribution is 2.16. The lowest BCUT2D eigenvalue weighted by atomic mass is 10.2. The lowest BCUT2D eigenvalue weighted by molar-refractivity contribution is -0.116. The molecule has 2 aromatic rings. The number of rotatable bonds is 4. The first kappa shape index (κ1) is 13.8. The molecule has 19 heavy (non-hydrogen) atoms. The molecule has 1 amide bonds. The van der Waals surface area contributed by atoms with Crippen LogP contribution < -0.4 is 5.32 Å². The first-order valence-electron chi connectivity index (χ1n) is 5.90. The Morgan fingerprint density at radius 3 is 2.63 bits per heavy atom. The van der Waals surface area contributed by atoms with E-state index in [1.807, 2.05) is 49.4 Å². The molecule has 2 nitrogen and oxygen atoms in total. The van der Waals surface area contributed by atoms with E-state index >= 15 is 0 Å². The maximum absolute atomic E-state index is 11.6. The number of halogens is 1. The average Bonchev–Trinajstić information content (AvgIpc) is 2.81. The molecule has 0 saturated carbocycles. The van der Waals surface area contributed by atoms with E-state index in [-0.39, 0.29) is 5.91 Å². The summed E-state index contributed by atoms with van der Waals surface area (Å²) in [5.41, 5.74) is 1.03. The summed E-state index contributed by atoms with van der Waals surface area (Å²) in [7, 11) is 0. The molecule has 0 bridgehead atoms. The predicted molar refractivity (Wildman–Crippen MR) is 81.4 cm³/mol. The maximum Gasteiger partial charge on any atom is 0.244 e. The quantitative estimate of drug-likeness (QED) is 0.846. The number of hydrogen-bond acceptors (Lipinski definition) is 2. The van der Waals surface area contributed by atoms with E-state index < -0.39 is 0 Å². The van der Waals surface area contributed by atoms with Gasteiger partial charge in [-0.3, -0.25) is 4.79 Å². The largest absolute Gasteiger partial charge is 0.348 e. The molecule has 0 saturated heterocycles. The topological polar surface area (TPSA) is 29.1 Å². The molecule has 2 rings (SSSR count). The minimum atomic E-state index is -0.0963. The van der Waals surface area contributed by atoms with E-state index in [2.05, 4.69) is 5.32 Å². The highest BCUT2D eigenvalue weighted by atomic mass is 35.5. The lowest BCUT2D eigenvalue weighted by Gasteiger charge is -2.02. The van der Waals surface area contributed by atoms with Crippen LogP contribution in [0.1, 0.15) is 15.3 Å². The number of hydrogen-bond donors (Lipinski definition) is 1. The van der Waals surface area contributed by atoms with Gasteiger partial charge in [-0.2, -0.15) is 0 Å². The van der Waals surface area contributed by atoms with Gasteiger partial charge >= 0.3 is 0 Å². The molecule has 1 aromatic carbocycles. The fraction of sp³-hybridized carbons (Fsp3) is 0.133. The number of benzene rings is 1. The van der Waals surface area contributed by atoms with Crippen molar-refractivity contribution in [3.05, 3.63) is 62.8 Å². The highest BCUT2D eigenvalue weighted by molar-refractivity contribution is 7.12. The molecule has 4 heteroatoms. The second-order valence-electron chi connectivity index (χ2n) is 4.13. The van der Waals surface area contributed by atoms with Crippen LogP contribution in [0.2, 0.25) is 5.02 Å². The molecule has 1 aromatic heterocycles. The zero-order valence-electron chi connectivity index (χ0n) is 10.5. The molecule has 1 heterocycles. The Balaban J connectivity index is 1.84. The van der Waals surface area contributed by atoms with Gasteiger partial charge in [-0.15, -0.1) is 11.3 Å². The summed E-state index contributed by atoms with van der Waals surface area (Å²) in [4.78, 5) is 14.0. The Kier molecular flexibility index (Phi) is 4.77. The smallest absolute Gasteiger partial charge is 0.244 e. The van der Waals surface area contributed by atoms with Gasteiger partial charge in [-0.1, -0.05) is 23.7 Å². The zero-order valence-corrected chi connectivity index (χ0v) is 12.1. The van der Waals surface area contributed by atoms with Gasteiger partial charge in [0, 0.05) is 27.4 Å². The van der Waals surface area contributed by atoms with E-state index in [1.54, 1.807) is 17.4 Å². The molecule has 0 atom stereocenters. The summed E-state index contributed by atoms with van der Waals surface area (Å²) < 4.78 is 0. The third-order valence-corrected chi connectivity index (χ3v) is 3.76. The zero-order chi connectivity index (χ0) is 13.7. The van der Waals surface area contributed by atoms with Crippen molar-refractivity contribution in [3.8, 4) is 0 Å². The van der Waals surface area contributed by atoms with Gasteiger partial charge in [-0.05, 0) is 42.8 Å². The number of nitrogens with one attached hydrogen (secondary N) is 1. The van der Waals surface area contributed by atoms with E-state index in [0.29, 0.717) is 11.6 Å². The molecule has 0 unspecified atom stereocenters. The van der Waals surface area contributed by atoms with Gasteiger partial charge in [0.15, 0.2) is 0 Å². The van der Waals surface area contributed by atoms with Crippen LogP contribution >= 0.6 is 22.9 Å². The molecule has 0 aliphatic carbocycles. The standard InChI is InChI=1S/C15H14ClNOS/c1-11-2-7-14(19-11)8-9-15(18)17-10-12-3-5-13(16)6-4-12/h2-9H,10H2,1H3,(H,17,18)/b9-8+. The van der Waals surface area contributed by atoms with E-state index in [9.17, 15) is 4.79 Å². The van der Waals surface area contributed by atoms with Crippen LogP contribution in [-0.2, 0) is 11.3 Å². The summed E-state index contributed by atoms with van der Waals surface area (Å²) in [6.07, 6.45) is 3.38. The summed E-state index contributed by atoms with van der Waals surface area (Å²) in [5, 5.41) is 3.53. The third kappa shape index (κ3) is 4.54. The first-order chi connectivity index (χ1) is 9.13. The Morgan fingerprint density at radius 2 is 2.00 bits per heavy atom. The first-order valence-corrected chi connectivity index (χ1v) is 7.10. The molecule has 0 radical (unpaired) electrons. The molecule has 0 fully saturated rings. The van der Waals surface area contributed by atoms with Gasteiger partial charge in [0.1, 0.15) is 0 Å². The predicted octanol–water partition coefficient (Wildman–Crippen LogP) is 4.04. The fourth-order valence-corrected chi connectivity index (χ4v) is 2.46.